The van der Waals surface area contributed by atoms with Crippen molar-refractivity contribution in [2.75, 3.05) is 6.54 Å². The number of rotatable bonds is 3. The standard InChI is InChI=1S/C14H18ClNO2/c15-13-7-6-11(17)8-12(13)14(18)16-9-10-4-2-1-3-5-10/h6-8,10,17H,1-5,9H2,(H,16,18). The molecule has 18 heavy (non-hydrogen) atoms. The highest BCUT2D eigenvalue weighted by Crippen LogP contribution is 2.24. The van der Waals surface area contributed by atoms with E-state index in [1.54, 1.807) is 0 Å². The molecule has 0 heterocycles. The third-order valence-corrected chi connectivity index (χ3v) is 3.80. The average molecular weight is 268 g/mol. The number of phenols is 1. The van der Waals surface area contributed by atoms with E-state index in [0.29, 0.717) is 23.0 Å². The van der Waals surface area contributed by atoms with Crippen LogP contribution in [0.15, 0.2) is 18.2 Å². The van der Waals surface area contributed by atoms with Crippen LogP contribution in [0.3, 0.4) is 0 Å². The number of phenolic OH excluding ortho intramolecular Hbond substituents is 1. The first-order valence-corrected chi connectivity index (χ1v) is 6.81. The Balaban J connectivity index is 1.92. The van der Waals surface area contributed by atoms with E-state index in [4.69, 9.17) is 11.6 Å². The highest BCUT2D eigenvalue weighted by molar-refractivity contribution is 6.33. The van der Waals surface area contributed by atoms with Crippen LogP contribution in [0.1, 0.15) is 42.5 Å². The number of aromatic hydroxyl groups is 1. The van der Waals surface area contributed by atoms with E-state index < -0.39 is 0 Å². The molecule has 1 aliphatic rings. The molecule has 1 saturated carbocycles. The van der Waals surface area contributed by atoms with Gasteiger partial charge < -0.3 is 10.4 Å². The summed E-state index contributed by atoms with van der Waals surface area (Å²) >= 11 is 5.94. The number of amides is 1. The molecule has 1 fully saturated rings. The average Bonchev–Trinajstić information content (AvgIpc) is 2.40. The Morgan fingerprint density at radius 3 is 2.78 bits per heavy atom. The maximum Gasteiger partial charge on any atom is 0.252 e. The first-order valence-electron chi connectivity index (χ1n) is 6.43. The SMILES string of the molecule is O=C(NCC1CCCCC1)c1cc(O)ccc1Cl. The molecule has 0 atom stereocenters. The lowest BCUT2D eigenvalue weighted by Gasteiger charge is -2.21. The van der Waals surface area contributed by atoms with E-state index in [1.807, 2.05) is 0 Å². The maximum atomic E-state index is 12.0. The van der Waals surface area contributed by atoms with Gasteiger partial charge in [0.2, 0.25) is 0 Å². The van der Waals surface area contributed by atoms with Crippen molar-refractivity contribution in [3.63, 3.8) is 0 Å². The predicted octanol–water partition coefficient (Wildman–Crippen LogP) is 3.36. The Morgan fingerprint density at radius 1 is 1.33 bits per heavy atom. The third-order valence-electron chi connectivity index (χ3n) is 3.47. The fraction of sp³-hybridized carbons (Fsp3) is 0.500. The van der Waals surface area contributed by atoms with Gasteiger partial charge in [0.15, 0.2) is 0 Å². The molecular formula is C14H18ClNO2. The van der Waals surface area contributed by atoms with Crippen molar-refractivity contribution in [2.24, 2.45) is 5.92 Å². The third kappa shape index (κ3) is 3.39. The van der Waals surface area contributed by atoms with Crippen molar-refractivity contribution in [1.29, 1.82) is 0 Å². The van der Waals surface area contributed by atoms with E-state index in [-0.39, 0.29) is 11.7 Å². The van der Waals surface area contributed by atoms with Crippen molar-refractivity contribution in [1.82, 2.24) is 5.32 Å². The molecule has 0 unspecified atom stereocenters. The van der Waals surface area contributed by atoms with Gasteiger partial charge in [-0.05, 0) is 37.0 Å². The second-order valence-corrected chi connectivity index (χ2v) is 5.29. The Labute approximate surface area is 112 Å². The Kier molecular flexibility index (Phi) is 4.48. The Morgan fingerprint density at radius 2 is 2.06 bits per heavy atom. The zero-order valence-electron chi connectivity index (χ0n) is 10.3. The van der Waals surface area contributed by atoms with Crippen LogP contribution in [0, 0.1) is 5.92 Å². The van der Waals surface area contributed by atoms with Gasteiger partial charge in [-0.1, -0.05) is 30.9 Å². The summed E-state index contributed by atoms with van der Waals surface area (Å²) in [6.07, 6.45) is 6.20. The van der Waals surface area contributed by atoms with Crippen molar-refractivity contribution in [3.05, 3.63) is 28.8 Å². The zero-order chi connectivity index (χ0) is 13.0. The molecule has 0 saturated heterocycles. The van der Waals surface area contributed by atoms with Gasteiger partial charge in [-0.15, -0.1) is 0 Å². The maximum absolute atomic E-state index is 12.0. The molecule has 0 aliphatic heterocycles. The number of benzene rings is 1. The number of hydrogen-bond donors (Lipinski definition) is 2. The topological polar surface area (TPSA) is 49.3 Å². The van der Waals surface area contributed by atoms with E-state index in [0.717, 1.165) is 0 Å². The summed E-state index contributed by atoms with van der Waals surface area (Å²) in [6.45, 7) is 0.699. The quantitative estimate of drug-likeness (QED) is 0.882. The van der Waals surface area contributed by atoms with Crippen molar-refractivity contribution < 1.29 is 9.90 Å². The molecule has 1 amide bonds. The molecule has 3 nitrogen and oxygen atoms in total. The zero-order valence-corrected chi connectivity index (χ0v) is 11.0. The molecule has 1 aliphatic carbocycles. The van der Waals surface area contributed by atoms with E-state index >= 15 is 0 Å². The van der Waals surface area contributed by atoms with Gasteiger partial charge in [0, 0.05) is 6.54 Å². The minimum atomic E-state index is -0.207. The fourth-order valence-electron chi connectivity index (χ4n) is 2.41. The molecule has 0 aromatic heterocycles. The van der Waals surface area contributed by atoms with Gasteiger partial charge in [-0.25, -0.2) is 0 Å². The van der Waals surface area contributed by atoms with Gasteiger partial charge in [0.1, 0.15) is 5.75 Å². The summed E-state index contributed by atoms with van der Waals surface area (Å²) in [7, 11) is 0. The van der Waals surface area contributed by atoms with E-state index in [9.17, 15) is 9.90 Å². The number of carbonyl (C=O) groups excluding carboxylic acids is 1. The van der Waals surface area contributed by atoms with Crippen LogP contribution in [0.5, 0.6) is 5.75 Å². The van der Waals surface area contributed by atoms with Gasteiger partial charge >= 0.3 is 0 Å². The minimum Gasteiger partial charge on any atom is -0.508 e. The smallest absolute Gasteiger partial charge is 0.252 e. The number of hydrogen-bond acceptors (Lipinski definition) is 2. The van der Waals surface area contributed by atoms with Gasteiger partial charge in [0.05, 0.1) is 10.6 Å². The molecule has 2 rings (SSSR count). The van der Waals surface area contributed by atoms with E-state index in [2.05, 4.69) is 5.32 Å². The molecule has 1 aromatic rings. The Hall–Kier alpha value is -1.22. The minimum absolute atomic E-state index is 0.0576. The van der Waals surface area contributed by atoms with Crippen LogP contribution < -0.4 is 5.32 Å². The highest BCUT2D eigenvalue weighted by atomic mass is 35.5. The fourth-order valence-corrected chi connectivity index (χ4v) is 2.61. The number of nitrogens with one attached hydrogen (secondary N) is 1. The molecule has 0 bridgehead atoms. The lowest BCUT2D eigenvalue weighted by Crippen LogP contribution is -2.30. The first-order chi connectivity index (χ1) is 8.66. The van der Waals surface area contributed by atoms with Crippen molar-refractivity contribution >= 4 is 17.5 Å². The predicted molar refractivity (Wildman–Crippen MR) is 72.0 cm³/mol. The summed E-state index contributed by atoms with van der Waals surface area (Å²) in [5.74, 6) is 0.433. The summed E-state index contributed by atoms with van der Waals surface area (Å²) in [4.78, 5) is 12.0. The van der Waals surface area contributed by atoms with Crippen LogP contribution in [-0.2, 0) is 0 Å². The van der Waals surface area contributed by atoms with Gasteiger partial charge in [-0.2, -0.15) is 0 Å². The first kappa shape index (κ1) is 13.2. The summed E-state index contributed by atoms with van der Waals surface area (Å²) in [5, 5.41) is 12.6. The molecule has 0 radical (unpaired) electrons. The summed E-state index contributed by atoms with van der Waals surface area (Å²) in [6, 6.07) is 4.41. The normalized spacial score (nSPS) is 16.5. The van der Waals surface area contributed by atoms with Crippen LogP contribution in [0.4, 0.5) is 0 Å². The molecule has 0 spiro atoms. The molecule has 2 N–H and O–H groups in total. The van der Waals surface area contributed by atoms with Crippen LogP contribution in [0.2, 0.25) is 5.02 Å². The monoisotopic (exact) mass is 267 g/mol. The second-order valence-electron chi connectivity index (χ2n) is 4.88. The van der Waals surface area contributed by atoms with Crippen LogP contribution in [0.25, 0.3) is 0 Å². The number of carbonyl (C=O) groups is 1. The van der Waals surface area contributed by atoms with Crippen LogP contribution in [-0.4, -0.2) is 17.6 Å². The lowest BCUT2D eigenvalue weighted by atomic mass is 9.89. The Bertz CT molecular complexity index is 428. The summed E-state index contributed by atoms with van der Waals surface area (Å²) < 4.78 is 0. The highest BCUT2D eigenvalue weighted by Gasteiger charge is 2.16. The lowest BCUT2D eigenvalue weighted by molar-refractivity contribution is 0.0943. The van der Waals surface area contributed by atoms with Crippen LogP contribution >= 0.6 is 11.6 Å². The largest absolute Gasteiger partial charge is 0.508 e. The molecule has 98 valence electrons. The van der Waals surface area contributed by atoms with Gasteiger partial charge in [0.25, 0.3) is 5.91 Å². The number of halogens is 1. The second kappa shape index (κ2) is 6.10. The van der Waals surface area contributed by atoms with Crippen molar-refractivity contribution in [2.45, 2.75) is 32.1 Å². The summed E-state index contributed by atoms with van der Waals surface area (Å²) in [5.41, 5.74) is 0.340. The molecule has 4 heteroatoms. The molecule has 1 aromatic carbocycles. The molecular weight excluding hydrogens is 250 g/mol. The van der Waals surface area contributed by atoms with E-state index in [1.165, 1.54) is 50.3 Å². The van der Waals surface area contributed by atoms with Crippen molar-refractivity contribution in [3.8, 4) is 5.75 Å². The van der Waals surface area contributed by atoms with Gasteiger partial charge in [-0.3, -0.25) is 4.79 Å².